The summed E-state index contributed by atoms with van der Waals surface area (Å²) in [6.45, 7) is 0.400. The van der Waals surface area contributed by atoms with Crippen LogP contribution in [-0.2, 0) is 0 Å². The van der Waals surface area contributed by atoms with Crippen molar-refractivity contribution in [1.29, 1.82) is 0 Å². The molecule has 0 aliphatic carbocycles. The Bertz CT molecular complexity index is 304. The van der Waals surface area contributed by atoms with Crippen LogP contribution in [0.15, 0.2) is 30.3 Å². The van der Waals surface area contributed by atoms with Gasteiger partial charge in [-0.1, -0.05) is 24.3 Å². The average Bonchev–Trinajstić information content (AvgIpc) is 2.04. The summed E-state index contributed by atoms with van der Waals surface area (Å²) in [5.41, 5.74) is 1.00. The molecule has 0 radical (unpaired) electrons. The van der Waals surface area contributed by atoms with Crippen molar-refractivity contribution in [3.63, 3.8) is 0 Å². The third-order valence-corrected chi connectivity index (χ3v) is 1.49. The van der Waals surface area contributed by atoms with Crippen molar-refractivity contribution in [3.8, 4) is 5.75 Å². The van der Waals surface area contributed by atoms with Gasteiger partial charge in [0, 0.05) is 5.56 Å². The Hall–Kier alpha value is -1.24. The average molecular weight is 133 g/mol. The van der Waals surface area contributed by atoms with Crippen LogP contribution < -0.4 is 4.74 Å². The molecule has 10 heavy (non-hydrogen) atoms. The summed E-state index contributed by atoms with van der Waals surface area (Å²) in [6, 6.07) is 8.27. The molecule has 0 spiro atoms. The highest BCUT2D eigenvalue weighted by Gasteiger charge is 2.01. The molecular weight excluding hydrogens is 124 g/mol. The van der Waals surface area contributed by atoms with Gasteiger partial charge in [-0.2, -0.15) is 0 Å². The lowest BCUT2D eigenvalue weighted by atomic mass is 10.1. The zero-order valence-corrected chi connectivity index (χ0v) is 5.50. The van der Waals surface area contributed by atoms with Crippen LogP contribution in [0.5, 0.6) is 5.75 Å². The summed E-state index contributed by atoms with van der Waals surface area (Å²) < 4.78 is 12.6. The minimum atomic E-state index is 0.400. The Labute approximate surface area is 61.3 Å². The van der Waals surface area contributed by atoms with Crippen LogP contribution in [-0.4, -0.2) is 6.61 Å². The number of para-hydroxylation sites is 1. The molecule has 2 rings (SSSR count). The van der Waals surface area contributed by atoms with Gasteiger partial charge in [-0.25, -0.2) is 0 Å². The molecule has 50 valence electrons. The Kier molecular flexibility index (Phi) is 0.992. The summed E-state index contributed by atoms with van der Waals surface area (Å²) >= 11 is 0. The predicted molar refractivity (Wildman–Crippen MR) is 41.0 cm³/mol. The normalized spacial score (nSPS) is 16.4. The SMILES string of the molecule is [2H]C1=Cc2ccccc2OC1. The molecule has 0 saturated carbocycles. The maximum atomic E-state index is 7.34. The quantitative estimate of drug-likeness (QED) is 0.526. The Morgan fingerprint density at radius 3 is 3.30 bits per heavy atom. The van der Waals surface area contributed by atoms with Gasteiger partial charge < -0.3 is 4.74 Å². The van der Waals surface area contributed by atoms with Gasteiger partial charge in [-0.05, 0) is 12.1 Å². The molecule has 0 unspecified atom stereocenters. The zero-order chi connectivity index (χ0) is 7.68. The summed E-state index contributed by atoms with van der Waals surface area (Å²) in [5.74, 6) is 0.878. The maximum absolute atomic E-state index is 7.34. The van der Waals surface area contributed by atoms with E-state index in [1.54, 1.807) is 0 Å². The first kappa shape index (κ1) is 4.56. The Balaban J connectivity index is 2.51. The third kappa shape index (κ3) is 0.798. The summed E-state index contributed by atoms with van der Waals surface area (Å²) in [5, 5.41) is 0. The highest BCUT2D eigenvalue weighted by molar-refractivity contribution is 5.58. The predicted octanol–water partition coefficient (Wildman–Crippen LogP) is 2.09. The van der Waals surface area contributed by atoms with E-state index in [0.29, 0.717) is 12.7 Å². The zero-order valence-electron chi connectivity index (χ0n) is 6.50. The van der Waals surface area contributed by atoms with Gasteiger partial charge in [0.2, 0.25) is 0 Å². The fourth-order valence-electron chi connectivity index (χ4n) is 1.00. The van der Waals surface area contributed by atoms with Crippen molar-refractivity contribution in [2.24, 2.45) is 0 Å². The molecule has 0 fully saturated rings. The molecule has 0 aromatic heterocycles. The standard InChI is InChI=1S/C9H8O/c1-2-6-9-8(4-1)5-3-7-10-9/h1-6H,7H2/i3D. The van der Waals surface area contributed by atoms with Gasteiger partial charge in [0.25, 0.3) is 0 Å². The monoisotopic (exact) mass is 133 g/mol. The fourth-order valence-corrected chi connectivity index (χ4v) is 1.00. The van der Waals surface area contributed by atoms with Crippen LogP contribution in [0.4, 0.5) is 0 Å². The van der Waals surface area contributed by atoms with Gasteiger partial charge in [0.15, 0.2) is 0 Å². The van der Waals surface area contributed by atoms with Crippen LogP contribution in [0.2, 0.25) is 0 Å². The second kappa shape index (κ2) is 2.18. The van der Waals surface area contributed by atoms with Gasteiger partial charge in [0.05, 0.1) is 1.37 Å². The molecule has 0 bridgehead atoms. The topological polar surface area (TPSA) is 9.23 Å². The van der Waals surface area contributed by atoms with Gasteiger partial charge in [-0.15, -0.1) is 0 Å². The van der Waals surface area contributed by atoms with Crippen molar-refractivity contribution < 1.29 is 6.11 Å². The minimum Gasteiger partial charge on any atom is -0.489 e. The molecule has 1 aromatic carbocycles. The van der Waals surface area contributed by atoms with Gasteiger partial charge >= 0.3 is 0 Å². The number of rotatable bonds is 0. The van der Waals surface area contributed by atoms with E-state index in [9.17, 15) is 0 Å². The fraction of sp³-hybridized carbons (Fsp3) is 0.111. The van der Waals surface area contributed by atoms with Crippen molar-refractivity contribution in [1.82, 2.24) is 0 Å². The van der Waals surface area contributed by atoms with E-state index in [0.717, 1.165) is 11.3 Å². The molecule has 1 heteroatoms. The molecule has 1 aliphatic heterocycles. The molecule has 0 amide bonds. The van der Waals surface area contributed by atoms with Gasteiger partial charge in [0.1, 0.15) is 12.4 Å². The third-order valence-electron chi connectivity index (χ3n) is 1.49. The van der Waals surface area contributed by atoms with E-state index in [2.05, 4.69) is 0 Å². The van der Waals surface area contributed by atoms with E-state index in [-0.39, 0.29) is 0 Å². The second-order valence-electron chi connectivity index (χ2n) is 2.17. The lowest BCUT2D eigenvalue weighted by Gasteiger charge is -2.10. The minimum absolute atomic E-state index is 0.400. The Morgan fingerprint density at radius 1 is 1.40 bits per heavy atom. The summed E-state index contributed by atoms with van der Waals surface area (Å²) in [7, 11) is 0. The molecule has 0 atom stereocenters. The van der Waals surface area contributed by atoms with Crippen LogP contribution in [0.1, 0.15) is 6.93 Å². The van der Waals surface area contributed by atoms with Crippen LogP contribution in [0.3, 0.4) is 0 Å². The molecule has 1 heterocycles. The first-order chi connectivity index (χ1) is 5.36. The van der Waals surface area contributed by atoms with Crippen LogP contribution in [0, 0.1) is 0 Å². The van der Waals surface area contributed by atoms with Crippen LogP contribution in [0.25, 0.3) is 6.08 Å². The molecule has 0 saturated heterocycles. The summed E-state index contributed by atoms with van der Waals surface area (Å²) in [4.78, 5) is 0. The lowest BCUT2D eigenvalue weighted by molar-refractivity contribution is 0.358. The van der Waals surface area contributed by atoms with Crippen molar-refractivity contribution in [3.05, 3.63) is 35.9 Å². The number of hydrogen-bond donors (Lipinski definition) is 0. The number of hydrogen-bond acceptors (Lipinski definition) is 1. The van der Waals surface area contributed by atoms with Crippen molar-refractivity contribution >= 4 is 6.08 Å². The van der Waals surface area contributed by atoms with E-state index >= 15 is 0 Å². The highest BCUT2D eigenvalue weighted by Crippen LogP contribution is 2.21. The van der Waals surface area contributed by atoms with Crippen LogP contribution >= 0.6 is 0 Å². The smallest absolute Gasteiger partial charge is 0.126 e. The van der Waals surface area contributed by atoms with Crippen molar-refractivity contribution in [2.45, 2.75) is 0 Å². The van der Waals surface area contributed by atoms with E-state index in [1.807, 2.05) is 30.3 Å². The maximum Gasteiger partial charge on any atom is 0.126 e. The highest BCUT2D eigenvalue weighted by atomic mass is 16.5. The molecule has 1 aromatic rings. The second-order valence-corrected chi connectivity index (χ2v) is 2.17. The number of benzene rings is 1. The lowest BCUT2D eigenvalue weighted by Crippen LogP contribution is -1.98. The van der Waals surface area contributed by atoms with E-state index in [1.165, 1.54) is 0 Å². The molecular formula is C9H8O. The van der Waals surface area contributed by atoms with E-state index < -0.39 is 0 Å². The molecule has 0 N–H and O–H groups in total. The summed E-state index contributed by atoms with van der Waals surface area (Å²) in [6.07, 6.45) is 1.83. The Morgan fingerprint density at radius 2 is 2.30 bits per heavy atom. The number of fused-ring (bicyclic) bond motifs is 1. The van der Waals surface area contributed by atoms with Crippen molar-refractivity contribution in [2.75, 3.05) is 6.61 Å². The molecule has 1 aliphatic rings. The van der Waals surface area contributed by atoms with E-state index in [4.69, 9.17) is 6.11 Å². The first-order valence-electron chi connectivity index (χ1n) is 3.75. The number of ether oxygens (including phenoxy) is 1. The van der Waals surface area contributed by atoms with Gasteiger partial charge in [-0.3, -0.25) is 0 Å². The first-order valence-corrected chi connectivity index (χ1v) is 3.25. The largest absolute Gasteiger partial charge is 0.489 e. The molecule has 1 nitrogen and oxygen atoms in total.